The molecule has 3 aliphatic rings. The van der Waals surface area contributed by atoms with Gasteiger partial charge in [0.25, 0.3) is 0 Å². The number of carbonyl (C=O) groups excluding carboxylic acids is 1. The first-order chi connectivity index (χ1) is 17.7. The third kappa shape index (κ3) is 3.98. The van der Waals surface area contributed by atoms with Gasteiger partial charge >= 0.3 is 0 Å². The van der Waals surface area contributed by atoms with Crippen molar-refractivity contribution in [3.63, 3.8) is 0 Å². The lowest BCUT2D eigenvalue weighted by Crippen LogP contribution is -2.53. The molecule has 0 unspecified atom stereocenters. The molecule has 1 N–H and O–H groups in total. The van der Waals surface area contributed by atoms with Crippen LogP contribution in [0.25, 0.3) is 10.9 Å². The summed E-state index contributed by atoms with van der Waals surface area (Å²) >= 11 is 3.86. The zero-order valence-corrected chi connectivity index (χ0v) is 23.6. The summed E-state index contributed by atoms with van der Waals surface area (Å²) in [5, 5.41) is 0.989. The van der Waals surface area contributed by atoms with E-state index in [0.717, 1.165) is 82.3 Å². The fourth-order valence-corrected chi connectivity index (χ4v) is 7.18. The van der Waals surface area contributed by atoms with E-state index in [1.54, 1.807) is 0 Å². The second-order valence-electron chi connectivity index (χ2n) is 11.7. The van der Waals surface area contributed by atoms with E-state index in [0.29, 0.717) is 19.8 Å². The van der Waals surface area contributed by atoms with Crippen LogP contribution in [-0.2, 0) is 16.7 Å². The average molecular weight is 564 g/mol. The molecule has 2 aromatic carbocycles. The number of halogens is 1. The topological polar surface area (TPSA) is 60.9 Å². The monoisotopic (exact) mass is 562 g/mol. The second-order valence-corrected chi connectivity index (χ2v) is 12.5. The fraction of sp³-hybridized carbons (Fsp3) is 0.467. The molecule has 0 amide bonds. The molecule has 3 heterocycles. The maximum absolute atomic E-state index is 14.1. The summed E-state index contributed by atoms with van der Waals surface area (Å²) < 4.78 is 6.84. The number of carbonyl (C=O) groups is 1. The van der Waals surface area contributed by atoms with Gasteiger partial charge in [0.05, 0.1) is 17.8 Å². The Bertz CT molecular complexity index is 1390. The molecule has 2 aliphatic heterocycles. The maximum Gasteiger partial charge on any atom is 0.195 e. The van der Waals surface area contributed by atoms with E-state index in [1.165, 1.54) is 5.69 Å². The fourth-order valence-electron chi connectivity index (χ4n) is 6.58. The van der Waals surface area contributed by atoms with Gasteiger partial charge in [0.15, 0.2) is 5.78 Å². The normalized spacial score (nSPS) is 19.8. The van der Waals surface area contributed by atoms with Gasteiger partial charge in [-0.1, -0.05) is 12.1 Å². The van der Waals surface area contributed by atoms with Crippen LogP contribution in [0.2, 0.25) is 0 Å². The van der Waals surface area contributed by atoms with Crippen molar-refractivity contribution in [1.82, 2.24) is 9.88 Å². The van der Waals surface area contributed by atoms with Crippen LogP contribution in [-0.4, -0.2) is 67.3 Å². The molecule has 2 saturated heterocycles. The van der Waals surface area contributed by atoms with Crippen molar-refractivity contribution >= 4 is 45.0 Å². The Morgan fingerprint density at radius 2 is 1.84 bits per heavy atom. The minimum absolute atomic E-state index is 0.104. The van der Waals surface area contributed by atoms with Gasteiger partial charge in [0, 0.05) is 77.0 Å². The zero-order valence-electron chi connectivity index (χ0n) is 22.0. The molecule has 0 saturated carbocycles. The highest BCUT2D eigenvalue weighted by atomic mass is 79.9. The van der Waals surface area contributed by atoms with E-state index < -0.39 is 0 Å². The number of aromatic nitrogens is 1. The van der Waals surface area contributed by atoms with E-state index in [2.05, 4.69) is 93.5 Å². The lowest BCUT2D eigenvalue weighted by molar-refractivity contribution is 0.0602. The van der Waals surface area contributed by atoms with Gasteiger partial charge in [-0.3, -0.25) is 14.7 Å². The molecule has 2 fully saturated rings. The molecule has 6 rings (SSSR count). The first-order valence-corrected chi connectivity index (χ1v) is 14.1. The Morgan fingerprint density at radius 3 is 2.51 bits per heavy atom. The summed E-state index contributed by atoms with van der Waals surface area (Å²) in [4.78, 5) is 26.9. The third-order valence-electron chi connectivity index (χ3n) is 8.63. The number of hydrogen-bond donors (Lipinski definition) is 1. The SMILES string of the molecule is C=NCc1ccc2c3c([nH]c2c1)C1(CCOCC1)c1cc(N2CCN(C(C)(C)C)CC2)c(Br)cc1C3=O. The number of nitrogens with zero attached hydrogens (tertiary/aromatic N) is 3. The number of ketones is 1. The largest absolute Gasteiger partial charge is 0.381 e. The summed E-state index contributed by atoms with van der Waals surface area (Å²) in [6.07, 6.45) is 1.71. The lowest BCUT2D eigenvalue weighted by Gasteiger charge is -2.44. The number of H-pyrrole nitrogens is 1. The molecule has 3 aromatic rings. The summed E-state index contributed by atoms with van der Waals surface area (Å²) in [5.41, 5.74) is 7.01. The van der Waals surface area contributed by atoms with Crippen molar-refractivity contribution in [1.29, 1.82) is 0 Å². The molecule has 194 valence electrons. The molecule has 0 atom stereocenters. The maximum atomic E-state index is 14.1. The summed E-state index contributed by atoms with van der Waals surface area (Å²) in [5.74, 6) is 0.104. The average Bonchev–Trinajstić information content (AvgIpc) is 3.27. The van der Waals surface area contributed by atoms with Crippen LogP contribution in [0.1, 0.15) is 66.4 Å². The Hall–Kier alpha value is -2.48. The number of nitrogens with one attached hydrogen (secondary N) is 1. The second kappa shape index (κ2) is 9.07. The van der Waals surface area contributed by atoms with Crippen LogP contribution in [0.3, 0.4) is 0 Å². The summed E-state index contributed by atoms with van der Waals surface area (Å²) in [6, 6.07) is 10.6. The van der Waals surface area contributed by atoms with Crippen LogP contribution < -0.4 is 4.90 Å². The molecule has 7 heteroatoms. The number of ether oxygens (including phenoxy) is 1. The molecule has 37 heavy (non-hydrogen) atoms. The number of fused-ring (bicyclic) bond motifs is 6. The first kappa shape index (κ1) is 24.8. The quantitative estimate of drug-likeness (QED) is 0.416. The van der Waals surface area contributed by atoms with Crippen molar-refractivity contribution < 1.29 is 9.53 Å². The van der Waals surface area contributed by atoms with Crippen molar-refractivity contribution in [2.45, 2.75) is 51.1 Å². The molecule has 0 radical (unpaired) electrons. The number of rotatable bonds is 3. The number of aromatic amines is 1. The van der Waals surface area contributed by atoms with Crippen molar-refractivity contribution in [2.24, 2.45) is 4.99 Å². The number of anilines is 1. The van der Waals surface area contributed by atoms with Gasteiger partial charge in [-0.25, -0.2) is 0 Å². The Morgan fingerprint density at radius 1 is 1.11 bits per heavy atom. The minimum atomic E-state index is -0.268. The zero-order chi connectivity index (χ0) is 25.9. The smallest absolute Gasteiger partial charge is 0.195 e. The predicted molar refractivity (Wildman–Crippen MR) is 153 cm³/mol. The van der Waals surface area contributed by atoms with E-state index in [9.17, 15) is 4.79 Å². The van der Waals surface area contributed by atoms with Gasteiger partial charge in [-0.15, -0.1) is 0 Å². The standard InChI is InChI=1S/C30H35BrN4O2/c1-29(2,3)35-11-9-34(10-12-35)25-17-22-21(16-23(25)31)27(36)26-20-6-5-19(18-32-4)15-24(20)33-28(26)30(22)7-13-37-14-8-30/h5-6,15-17,33H,4,7-14,18H2,1-3H3. The molecule has 1 aromatic heterocycles. The first-order valence-electron chi connectivity index (χ1n) is 13.3. The van der Waals surface area contributed by atoms with Crippen molar-refractivity contribution in [3.05, 3.63) is 62.8 Å². The minimum Gasteiger partial charge on any atom is -0.381 e. The number of benzene rings is 2. The van der Waals surface area contributed by atoms with Crippen LogP contribution in [0.15, 0.2) is 39.8 Å². The van der Waals surface area contributed by atoms with E-state index in [-0.39, 0.29) is 16.7 Å². The van der Waals surface area contributed by atoms with Crippen LogP contribution in [0, 0.1) is 0 Å². The molecule has 0 bridgehead atoms. The highest BCUT2D eigenvalue weighted by Gasteiger charge is 2.47. The van der Waals surface area contributed by atoms with Crippen LogP contribution in [0.5, 0.6) is 0 Å². The lowest BCUT2D eigenvalue weighted by atomic mass is 9.64. The van der Waals surface area contributed by atoms with Gasteiger partial charge in [-0.05, 0) is 85.6 Å². The van der Waals surface area contributed by atoms with Gasteiger partial charge in [0.1, 0.15) is 0 Å². The number of piperazine rings is 1. The highest BCUT2D eigenvalue weighted by molar-refractivity contribution is 9.10. The third-order valence-corrected chi connectivity index (χ3v) is 9.26. The van der Waals surface area contributed by atoms with Gasteiger partial charge < -0.3 is 14.6 Å². The molecule has 1 aliphatic carbocycles. The predicted octanol–water partition coefficient (Wildman–Crippen LogP) is 5.69. The van der Waals surface area contributed by atoms with E-state index >= 15 is 0 Å². The summed E-state index contributed by atoms with van der Waals surface area (Å²) in [6.45, 7) is 16.4. The van der Waals surface area contributed by atoms with E-state index in [1.807, 2.05) is 0 Å². The highest BCUT2D eigenvalue weighted by Crippen LogP contribution is 2.51. The van der Waals surface area contributed by atoms with Crippen molar-refractivity contribution in [2.75, 3.05) is 44.3 Å². The van der Waals surface area contributed by atoms with Crippen LogP contribution >= 0.6 is 15.9 Å². The Kier molecular flexibility index (Phi) is 6.09. The van der Waals surface area contributed by atoms with Gasteiger partial charge in [-0.2, -0.15) is 0 Å². The Balaban J connectivity index is 1.47. The van der Waals surface area contributed by atoms with Crippen LogP contribution in [0.4, 0.5) is 5.69 Å². The molecule has 6 nitrogen and oxygen atoms in total. The number of hydrogen-bond acceptors (Lipinski definition) is 5. The molecule has 1 spiro atoms. The van der Waals surface area contributed by atoms with E-state index in [4.69, 9.17) is 4.74 Å². The van der Waals surface area contributed by atoms with Gasteiger partial charge in [0.2, 0.25) is 0 Å². The molecular weight excluding hydrogens is 528 g/mol. The van der Waals surface area contributed by atoms with Crippen molar-refractivity contribution in [3.8, 4) is 0 Å². The molecular formula is C30H35BrN4O2. The number of aliphatic imine (C=N–C) groups is 1. The Labute approximate surface area is 227 Å². The summed E-state index contributed by atoms with van der Waals surface area (Å²) in [7, 11) is 0.